The first-order valence-corrected chi connectivity index (χ1v) is 9.38. The van der Waals surface area contributed by atoms with Crippen molar-refractivity contribution < 1.29 is 4.79 Å². The Bertz CT molecular complexity index is 503. The number of halogens is 1. The summed E-state index contributed by atoms with van der Waals surface area (Å²) in [6, 6.07) is 7.98. The van der Waals surface area contributed by atoms with Crippen LogP contribution in [0, 0.1) is 5.92 Å². The predicted molar refractivity (Wildman–Crippen MR) is 96.1 cm³/mol. The molecule has 1 aliphatic heterocycles. The van der Waals surface area contributed by atoms with Crippen LogP contribution in [0.2, 0.25) is 5.02 Å². The van der Waals surface area contributed by atoms with Crippen molar-refractivity contribution in [1.29, 1.82) is 0 Å². The number of nitrogens with zero attached hydrogens (tertiary/aromatic N) is 2. The average Bonchev–Trinajstić information content (AvgIpc) is 2.61. The third kappa shape index (κ3) is 4.63. The summed E-state index contributed by atoms with van der Waals surface area (Å²) in [6.07, 6.45) is 8.60. The maximum atomic E-state index is 12.4. The van der Waals surface area contributed by atoms with Crippen LogP contribution in [-0.2, 0) is 4.79 Å². The molecule has 1 heterocycles. The molecule has 0 bridgehead atoms. The highest BCUT2D eigenvalue weighted by Crippen LogP contribution is 2.27. The molecule has 0 atom stereocenters. The Morgan fingerprint density at radius 2 is 1.65 bits per heavy atom. The molecular formula is C19H27ClN2O. The zero-order valence-corrected chi connectivity index (χ0v) is 14.6. The second kappa shape index (κ2) is 8.05. The van der Waals surface area contributed by atoms with Crippen molar-refractivity contribution in [2.75, 3.05) is 31.1 Å². The van der Waals surface area contributed by atoms with Gasteiger partial charge < -0.3 is 9.80 Å². The Morgan fingerprint density at radius 3 is 2.30 bits per heavy atom. The largest absolute Gasteiger partial charge is 0.368 e. The fraction of sp³-hybridized carbons (Fsp3) is 0.632. The fourth-order valence-corrected chi connectivity index (χ4v) is 3.95. The van der Waals surface area contributed by atoms with Crippen LogP contribution in [0.15, 0.2) is 24.3 Å². The minimum absolute atomic E-state index is 0.353. The highest BCUT2D eigenvalue weighted by molar-refractivity contribution is 6.30. The molecule has 1 aromatic rings. The van der Waals surface area contributed by atoms with Gasteiger partial charge in [0.05, 0.1) is 0 Å². The van der Waals surface area contributed by atoms with E-state index in [0.717, 1.165) is 50.0 Å². The van der Waals surface area contributed by atoms with E-state index >= 15 is 0 Å². The van der Waals surface area contributed by atoms with Gasteiger partial charge in [-0.25, -0.2) is 0 Å². The van der Waals surface area contributed by atoms with E-state index in [1.54, 1.807) is 0 Å². The van der Waals surface area contributed by atoms with Gasteiger partial charge in [-0.05, 0) is 36.6 Å². The van der Waals surface area contributed by atoms with Crippen molar-refractivity contribution in [1.82, 2.24) is 4.90 Å². The molecule has 1 aliphatic carbocycles. The van der Waals surface area contributed by atoms with Crippen molar-refractivity contribution in [3.63, 3.8) is 0 Å². The van der Waals surface area contributed by atoms with Gasteiger partial charge in [0.15, 0.2) is 0 Å². The molecule has 2 fully saturated rings. The average molecular weight is 335 g/mol. The summed E-state index contributed by atoms with van der Waals surface area (Å²) in [5.74, 6) is 1.15. The Labute approximate surface area is 144 Å². The zero-order chi connectivity index (χ0) is 16.1. The standard InChI is InChI=1S/C19H27ClN2O/c20-17-7-9-18(10-8-17)21-12-14-22(15-13-21)19(23)11-6-16-4-2-1-3-5-16/h7-10,16H,1-6,11-15H2. The van der Waals surface area contributed by atoms with Crippen molar-refractivity contribution >= 4 is 23.2 Å². The normalized spacial score (nSPS) is 19.9. The number of hydrogen-bond acceptors (Lipinski definition) is 2. The minimum Gasteiger partial charge on any atom is -0.368 e. The van der Waals surface area contributed by atoms with Crippen LogP contribution in [0.25, 0.3) is 0 Å². The molecule has 126 valence electrons. The van der Waals surface area contributed by atoms with Gasteiger partial charge in [0.25, 0.3) is 0 Å². The van der Waals surface area contributed by atoms with E-state index < -0.39 is 0 Å². The van der Waals surface area contributed by atoms with Gasteiger partial charge in [-0.15, -0.1) is 0 Å². The second-order valence-electron chi connectivity index (χ2n) is 6.89. The van der Waals surface area contributed by atoms with Crippen LogP contribution >= 0.6 is 11.6 Å². The molecule has 3 nitrogen and oxygen atoms in total. The third-order valence-electron chi connectivity index (χ3n) is 5.32. The van der Waals surface area contributed by atoms with E-state index in [4.69, 9.17) is 11.6 Å². The Hall–Kier alpha value is -1.22. The summed E-state index contributed by atoms with van der Waals surface area (Å²) in [5, 5.41) is 0.769. The summed E-state index contributed by atoms with van der Waals surface area (Å²) in [4.78, 5) is 16.8. The number of carbonyl (C=O) groups is 1. The summed E-state index contributed by atoms with van der Waals surface area (Å²) in [5.41, 5.74) is 1.20. The van der Waals surface area contributed by atoms with Gasteiger partial charge in [0.2, 0.25) is 5.91 Å². The molecule has 0 unspecified atom stereocenters. The van der Waals surface area contributed by atoms with Gasteiger partial charge in [0, 0.05) is 43.3 Å². The zero-order valence-electron chi connectivity index (χ0n) is 13.8. The van der Waals surface area contributed by atoms with Crippen molar-refractivity contribution in [2.24, 2.45) is 5.92 Å². The number of hydrogen-bond donors (Lipinski definition) is 0. The van der Waals surface area contributed by atoms with Gasteiger partial charge in [-0.3, -0.25) is 4.79 Å². The molecule has 0 radical (unpaired) electrons. The molecule has 2 aliphatic rings. The van der Waals surface area contributed by atoms with Crippen molar-refractivity contribution in [2.45, 2.75) is 44.9 Å². The van der Waals surface area contributed by atoms with Gasteiger partial charge in [0.1, 0.15) is 0 Å². The molecule has 1 aromatic carbocycles. The first kappa shape index (κ1) is 16.6. The summed E-state index contributed by atoms with van der Waals surface area (Å²) in [6.45, 7) is 3.51. The predicted octanol–water partition coefficient (Wildman–Crippen LogP) is 4.35. The van der Waals surface area contributed by atoms with Crippen LogP contribution in [0.1, 0.15) is 44.9 Å². The molecule has 1 saturated carbocycles. The van der Waals surface area contributed by atoms with Crippen LogP contribution in [0.4, 0.5) is 5.69 Å². The van der Waals surface area contributed by atoms with Gasteiger partial charge in [-0.1, -0.05) is 43.7 Å². The molecule has 3 rings (SSSR count). The number of amides is 1. The highest BCUT2D eigenvalue weighted by atomic mass is 35.5. The lowest BCUT2D eigenvalue weighted by molar-refractivity contribution is -0.131. The third-order valence-corrected chi connectivity index (χ3v) is 5.57. The van der Waals surface area contributed by atoms with E-state index in [-0.39, 0.29) is 0 Å². The quantitative estimate of drug-likeness (QED) is 0.817. The number of rotatable bonds is 4. The molecule has 1 amide bonds. The number of benzene rings is 1. The molecule has 0 aromatic heterocycles. The Kier molecular flexibility index (Phi) is 5.82. The smallest absolute Gasteiger partial charge is 0.222 e. The fourth-order valence-electron chi connectivity index (χ4n) is 3.83. The highest BCUT2D eigenvalue weighted by Gasteiger charge is 2.22. The maximum absolute atomic E-state index is 12.4. The van der Waals surface area contributed by atoms with Crippen LogP contribution in [-0.4, -0.2) is 37.0 Å². The number of carbonyl (C=O) groups excluding carboxylic acids is 1. The minimum atomic E-state index is 0.353. The molecule has 1 saturated heterocycles. The lowest BCUT2D eigenvalue weighted by atomic mass is 9.86. The molecule has 4 heteroatoms. The van der Waals surface area contributed by atoms with Crippen LogP contribution in [0.5, 0.6) is 0 Å². The molecule has 23 heavy (non-hydrogen) atoms. The van der Waals surface area contributed by atoms with Gasteiger partial charge in [-0.2, -0.15) is 0 Å². The molecular weight excluding hydrogens is 308 g/mol. The lowest BCUT2D eigenvalue weighted by Gasteiger charge is -2.36. The topological polar surface area (TPSA) is 23.6 Å². The van der Waals surface area contributed by atoms with E-state index in [9.17, 15) is 4.79 Å². The lowest BCUT2D eigenvalue weighted by Crippen LogP contribution is -2.48. The van der Waals surface area contributed by atoms with E-state index in [2.05, 4.69) is 21.9 Å². The Morgan fingerprint density at radius 1 is 1.00 bits per heavy atom. The first-order valence-electron chi connectivity index (χ1n) is 9.00. The number of anilines is 1. The molecule has 0 N–H and O–H groups in total. The SMILES string of the molecule is O=C(CCC1CCCCC1)N1CCN(c2ccc(Cl)cc2)CC1. The summed E-state index contributed by atoms with van der Waals surface area (Å²) >= 11 is 5.94. The molecule has 0 spiro atoms. The van der Waals surface area contributed by atoms with Crippen LogP contribution in [0.3, 0.4) is 0 Å². The maximum Gasteiger partial charge on any atom is 0.222 e. The summed E-state index contributed by atoms with van der Waals surface area (Å²) in [7, 11) is 0. The number of piperazine rings is 1. The van der Waals surface area contributed by atoms with E-state index in [0.29, 0.717) is 5.91 Å². The van der Waals surface area contributed by atoms with E-state index in [1.165, 1.54) is 37.8 Å². The second-order valence-corrected chi connectivity index (χ2v) is 7.32. The Balaban J connectivity index is 1.42. The van der Waals surface area contributed by atoms with Crippen molar-refractivity contribution in [3.05, 3.63) is 29.3 Å². The van der Waals surface area contributed by atoms with Crippen LogP contribution < -0.4 is 4.90 Å². The first-order chi connectivity index (χ1) is 11.2. The van der Waals surface area contributed by atoms with Gasteiger partial charge >= 0.3 is 0 Å². The van der Waals surface area contributed by atoms with E-state index in [1.807, 2.05) is 12.1 Å². The summed E-state index contributed by atoms with van der Waals surface area (Å²) < 4.78 is 0. The van der Waals surface area contributed by atoms with Crippen molar-refractivity contribution in [3.8, 4) is 0 Å². The monoisotopic (exact) mass is 334 g/mol.